The summed E-state index contributed by atoms with van der Waals surface area (Å²) in [6, 6.07) is 5.40. The Morgan fingerprint density at radius 3 is 2.84 bits per heavy atom. The molecule has 0 bridgehead atoms. The smallest absolute Gasteiger partial charge is 0.254 e. The minimum atomic E-state index is -0.103. The lowest BCUT2D eigenvalue weighted by Gasteiger charge is -2.33. The molecule has 0 unspecified atom stereocenters. The standard InChI is InChI=1S/C19H20N4O2/c1-11-18-20-17(12-5-6-12)21-23(18)10-9-22(11)19(25)15-4-2-3-14-13(15)7-8-16(14)24/h2-4,11-12H,5-10H2,1H3/t11-/m1/s1. The van der Waals surface area contributed by atoms with Crippen molar-refractivity contribution in [3.63, 3.8) is 0 Å². The molecule has 0 radical (unpaired) electrons. The van der Waals surface area contributed by atoms with Crippen molar-refractivity contribution in [3.8, 4) is 0 Å². The monoisotopic (exact) mass is 336 g/mol. The summed E-state index contributed by atoms with van der Waals surface area (Å²) in [7, 11) is 0. The largest absolute Gasteiger partial charge is 0.327 e. The highest BCUT2D eigenvalue weighted by molar-refractivity contribution is 6.05. The molecule has 0 saturated heterocycles. The maximum Gasteiger partial charge on any atom is 0.254 e. The first-order chi connectivity index (χ1) is 12.1. The molecule has 1 aromatic carbocycles. The maximum absolute atomic E-state index is 13.2. The Kier molecular flexibility index (Phi) is 3.11. The van der Waals surface area contributed by atoms with Crippen LogP contribution in [0.5, 0.6) is 0 Å². The number of nitrogens with zero attached hydrogens (tertiary/aromatic N) is 4. The van der Waals surface area contributed by atoms with Gasteiger partial charge < -0.3 is 4.90 Å². The molecule has 1 aliphatic heterocycles. The van der Waals surface area contributed by atoms with Gasteiger partial charge in [-0.1, -0.05) is 12.1 Å². The lowest BCUT2D eigenvalue weighted by molar-refractivity contribution is 0.0629. The molecule has 1 aromatic heterocycles. The first-order valence-electron chi connectivity index (χ1n) is 9.04. The van der Waals surface area contributed by atoms with Crippen LogP contribution in [0.2, 0.25) is 0 Å². The van der Waals surface area contributed by atoms with Gasteiger partial charge in [0.15, 0.2) is 11.6 Å². The number of benzene rings is 1. The molecule has 1 fully saturated rings. The van der Waals surface area contributed by atoms with Gasteiger partial charge in [-0.25, -0.2) is 9.67 Å². The zero-order valence-electron chi connectivity index (χ0n) is 14.2. The SMILES string of the molecule is C[C@@H]1c2nc(C3CC3)nn2CCN1C(=O)c1cccc2c1CCC2=O. The van der Waals surface area contributed by atoms with Gasteiger partial charge in [0, 0.05) is 30.0 Å². The number of aromatic nitrogens is 3. The first-order valence-corrected chi connectivity index (χ1v) is 9.04. The second kappa shape index (κ2) is 5.25. The fourth-order valence-corrected chi connectivity index (χ4v) is 4.02. The van der Waals surface area contributed by atoms with E-state index in [1.165, 1.54) is 12.8 Å². The van der Waals surface area contributed by atoms with Crippen molar-refractivity contribution < 1.29 is 9.59 Å². The van der Waals surface area contributed by atoms with E-state index in [0.717, 1.165) is 22.8 Å². The number of ketones is 1. The lowest BCUT2D eigenvalue weighted by atomic mass is 10.0. The molecule has 3 aliphatic rings. The molecule has 6 heteroatoms. The number of Topliss-reactive ketones (excluding diaryl/α,β-unsaturated/α-hetero) is 1. The normalized spacial score (nSPS) is 22.0. The van der Waals surface area contributed by atoms with Crippen LogP contribution in [-0.2, 0) is 13.0 Å². The number of carbonyl (C=O) groups is 2. The number of amides is 1. The molecule has 6 nitrogen and oxygen atoms in total. The molecule has 25 heavy (non-hydrogen) atoms. The second-order valence-corrected chi connectivity index (χ2v) is 7.26. The first kappa shape index (κ1) is 14.8. The minimum Gasteiger partial charge on any atom is -0.327 e. The van der Waals surface area contributed by atoms with Crippen molar-refractivity contribution in [1.29, 1.82) is 0 Å². The van der Waals surface area contributed by atoms with Crippen LogP contribution in [-0.4, -0.2) is 37.9 Å². The summed E-state index contributed by atoms with van der Waals surface area (Å²) in [5.41, 5.74) is 2.30. The lowest BCUT2D eigenvalue weighted by Crippen LogP contribution is -2.41. The number of rotatable bonds is 2. The van der Waals surface area contributed by atoms with E-state index in [9.17, 15) is 9.59 Å². The Morgan fingerprint density at radius 1 is 1.20 bits per heavy atom. The van der Waals surface area contributed by atoms with Crippen LogP contribution in [0.4, 0.5) is 0 Å². The highest BCUT2D eigenvalue weighted by atomic mass is 16.2. The van der Waals surface area contributed by atoms with Gasteiger partial charge in [0.25, 0.3) is 5.91 Å². The Morgan fingerprint density at radius 2 is 2.04 bits per heavy atom. The van der Waals surface area contributed by atoms with E-state index >= 15 is 0 Å². The third kappa shape index (κ3) is 2.23. The predicted molar refractivity (Wildman–Crippen MR) is 90.5 cm³/mol. The van der Waals surface area contributed by atoms with Crippen LogP contribution in [0.3, 0.4) is 0 Å². The molecular weight excluding hydrogens is 316 g/mol. The molecule has 1 amide bonds. The van der Waals surface area contributed by atoms with E-state index in [-0.39, 0.29) is 17.7 Å². The van der Waals surface area contributed by atoms with Crippen LogP contribution >= 0.6 is 0 Å². The molecule has 5 rings (SSSR count). The summed E-state index contributed by atoms with van der Waals surface area (Å²) < 4.78 is 1.96. The maximum atomic E-state index is 13.2. The average molecular weight is 336 g/mol. The molecule has 0 N–H and O–H groups in total. The summed E-state index contributed by atoms with van der Waals surface area (Å²) in [5.74, 6) is 2.47. The number of fused-ring (bicyclic) bond motifs is 2. The molecule has 1 saturated carbocycles. The van der Waals surface area contributed by atoms with E-state index in [0.29, 0.717) is 37.4 Å². The van der Waals surface area contributed by atoms with Crippen LogP contribution in [0, 0.1) is 0 Å². The zero-order valence-corrected chi connectivity index (χ0v) is 14.2. The van der Waals surface area contributed by atoms with Gasteiger partial charge in [0.1, 0.15) is 5.82 Å². The third-order valence-electron chi connectivity index (χ3n) is 5.62. The number of hydrogen-bond donors (Lipinski definition) is 0. The highest BCUT2D eigenvalue weighted by Crippen LogP contribution is 2.39. The summed E-state index contributed by atoms with van der Waals surface area (Å²) in [6.45, 7) is 3.32. The fraction of sp³-hybridized carbons (Fsp3) is 0.474. The Bertz CT molecular complexity index is 897. The Labute approximate surface area is 145 Å². The summed E-state index contributed by atoms with van der Waals surface area (Å²) >= 11 is 0. The van der Waals surface area contributed by atoms with E-state index in [4.69, 9.17) is 4.98 Å². The van der Waals surface area contributed by atoms with Crippen molar-refractivity contribution in [2.24, 2.45) is 0 Å². The number of hydrogen-bond acceptors (Lipinski definition) is 4. The quantitative estimate of drug-likeness (QED) is 0.845. The van der Waals surface area contributed by atoms with Gasteiger partial charge in [-0.2, -0.15) is 5.10 Å². The highest BCUT2D eigenvalue weighted by Gasteiger charge is 2.36. The Hall–Kier alpha value is -2.50. The summed E-state index contributed by atoms with van der Waals surface area (Å²) in [6.07, 6.45) is 3.52. The van der Waals surface area contributed by atoms with Crippen LogP contribution in [0.25, 0.3) is 0 Å². The van der Waals surface area contributed by atoms with Crippen molar-refractivity contribution >= 4 is 11.7 Å². The predicted octanol–water partition coefficient (Wildman–Crippen LogP) is 2.50. The minimum absolute atomic E-state index is 0.00118. The van der Waals surface area contributed by atoms with E-state index < -0.39 is 0 Å². The van der Waals surface area contributed by atoms with E-state index in [1.54, 1.807) is 0 Å². The third-order valence-corrected chi connectivity index (χ3v) is 5.62. The Balaban J connectivity index is 1.48. The van der Waals surface area contributed by atoms with Crippen LogP contribution < -0.4 is 0 Å². The van der Waals surface area contributed by atoms with Crippen LogP contribution in [0.15, 0.2) is 18.2 Å². The van der Waals surface area contributed by atoms with Gasteiger partial charge in [0.05, 0.1) is 12.6 Å². The number of carbonyl (C=O) groups excluding carboxylic acids is 2. The van der Waals surface area contributed by atoms with Crippen molar-refractivity contribution in [2.45, 2.75) is 51.1 Å². The molecular formula is C19H20N4O2. The van der Waals surface area contributed by atoms with Crippen LogP contribution in [0.1, 0.15) is 76.1 Å². The molecule has 2 aromatic rings. The van der Waals surface area contributed by atoms with Gasteiger partial charge in [-0.05, 0) is 37.8 Å². The molecule has 128 valence electrons. The summed E-state index contributed by atoms with van der Waals surface area (Å²) in [4.78, 5) is 31.7. The van der Waals surface area contributed by atoms with Gasteiger partial charge in [-0.15, -0.1) is 0 Å². The topological polar surface area (TPSA) is 68.1 Å². The van der Waals surface area contributed by atoms with Gasteiger partial charge in [0.2, 0.25) is 0 Å². The van der Waals surface area contributed by atoms with E-state index in [2.05, 4.69) is 5.10 Å². The van der Waals surface area contributed by atoms with Crippen molar-refractivity contribution in [3.05, 3.63) is 46.5 Å². The van der Waals surface area contributed by atoms with Crippen molar-refractivity contribution in [2.75, 3.05) is 6.54 Å². The van der Waals surface area contributed by atoms with Gasteiger partial charge >= 0.3 is 0 Å². The average Bonchev–Trinajstić information content (AvgIpc) is 3.27. The van der Waals surface area contributed by atoms with Gasteiger partial charge in [-0.3, -0.25) is 9.59 Å². The molecule has 0 spiro atoms. The van der Waals surface area contributed by atoms with E-state index in [1.807, 2.05) is 34.7 Å². The second-order valence-electron chi connectivity index (χ2n) is 7.26. The zero-order chi connectivity index (χ0) is 17.1. The molecule has 2 aliphatic carbocycles. The molecule has 2 heterocycles. The summed E-state index contributed by atoms with van der Waals surface area (Å²) in [5, 5.41) is 4.62. The molecule has 1 atom stereocenters. The fourth-order valence-electron chi connectivity index (χ4n) is 4.02. The van der Waals surface area contributed by atoms with Crippen molar-refractivity contribution in [1.82, 2.24) is 19.7 Å².